The van der Waals surface area contributed by atoms with E-state index in [-0.39, 0.29) is 6.79 Å². The zero-order valence-corrected chi connectivity index (χ0v) is 9.40. The number of para-hydroxylation sites is 2. The minimum Gasteiger partial charge on any atom is -0.422 e. The monoisotopic (exact) mass is 235 g/mol. The number of fused-ring (bicyclic) bond motifs is 1. The van der Waals surface area contributed by atoms with E-state index in [0.29, 0.717) is 12.6 Å². The van der Waals surface area contributed by atoms with Gasteiger partial charge in [-0.25, -0.2) is 9.78 Å². The first kappa shape index (κ1) is 11.4. The summed E-state index contributed by atoms with van der Waals surface area (Å²) in [4.78, 5) is 18.4. The van der Waals surface area contributed by atoms with Gasteiger partial charge >= 0.3 is 6.09 Å². The van der Waals surface area contributed by atoms with E-state index in [0.717, 1.165) is 11.0 Å². The highest BCUT2D eigenvalue weighted by Crippen LogP contribution is 2.13. The second kappa shape index (κ2) is 5.31. The van der Waals surface area contributed by atoms with Gasteiger partial charge in [0.25, 0.3) is 0 Å². The Kier molecular flexibility index (Phi) is 3.56. The third-order valence-electron chi connectivity index (χ3n) is 2.09. The van der Waals surface area contributed by atoms with Crippen LogP contribution in [0.2, 0.25) is 0 Å². The summed E-state index contributed by atoms with van der Waals surface area (Å²) in [7, 11) is 0. The lowest BCUT2D eigenvalue weighted by atomic mass is 10.3. The van der Waals surface area contributed by atoms with Crippen molar-refractivity contribution in [2.45, 2.75) is 6.92 Å². The smallest absolute Gasteiger partial charge is 0.416 e. The van der Waals surface area contributed by atoms with Gasteiger partial charge in [0.1, 0.15) is 0 Å². The molecule has 17 heavy (non-hydrogen) atoms. The number of carbonyl (C=O) groups excluding carboxylic acids is 1. The van der Waals surface area contributed by atoms with Crippen LogP contribution >= 0.6 is 0 Å². The van der Waals surface area contributed by atoms with Crippen LogP contribution in [0.25, 0.3) is 11.0 Å². The van der Waals surface area contributed by atoms with Gasteiger partial charge in [-0.05, 0) is 19.1 Å². The number of nitrogens with one attached hydrogen (secondary N) is 2. The van der Waals surface area contributed by atoms with Crippen molar-refractivity contribution in [2.75, 3.05) is 18.7 Å². The SMILES string of the molecule is CCOCOC(=O)Nc1nc2ccccc2[nH]1. The van der Waals surface area contributed by atoms with Crippen LogP contribution in [-0.2, 0) is 9.47 Å². The zero-order chi connectivity index (χ0) is 12.1. The third kappa shape index (κ3) is 2.94. The summed E-state index contributed by atoms with van der Waals surface area (Å²) >= 11 is 0. The van der Waals surface area contributed by atoms with Crippen molar-refractivity contribution in [1.82, 2.24) is 9.97 Å². The fourth-order valence-electron chi connectivity index (χ4n) is 1.32. The normalized spacial score (nSPS) is 10.4. The average Bonchev–Trinajstić information content (AvgIpc) is 2.71. The van der Waals surface area contributed by atoms with E-state index in [2.05, 4.69) is 15.3 Å². The van der Waals surface area contributed by atoms with Crippen molar-refractivity contribution in [3.8, 4) is 0 Å². The van der Waals surface area contributed by atoms with Gasteiger partial charge in [0.15, 0.2) is 6.79 Å². The fraction of sp³-hybridized carbons (Fsp3) is 0.273. The van der Waals surface area contributed by atoms with Crippen LogP contribution in [0.4, 0.5) is 10.7 Å². The minimum absolute atomic E-state index is 0.0669. The molecule has 2 rings (SSSR count). The molecule has 0 atom stereocenters. The largest absolute Gasteiger partial charge is 0.422 e. The number of imidazole rings is 1. The van der Waals surface area contributed by atoms with Crippen molar-refractivity contribution in [1.29, 1.82) is 0 Å². The molecule has 1 aromatic carbocycles. The topological polar surface area (TPSA) is 76.2 Å². The first-order chi connectivity index (χ1) is 8.29. The Hall–Kier alpha value is -2.08. The van der Waals surface area contributed by atoms with Crippen molar-refractivity contribution >= 4 is 23.1 Å². The van der Waals surface area contributed by atoms with E-state index in [4.69, 9.17) is 9.47 Å². The van der Waals surface area contributed by atoms with Crippen molar-refractivity contribution in [3.63, 3.8) is 0 Å². The van der Waals surface area contributed by atoms with Crippen LogP contribution in [0.3, 0.4) is 0 Å². The van der Waals surface area contributed by atoms with Gasteiger partial charge in [-0.2, -0.15) is 0 Å². The highest BCUT2D eigenvalue weighted by atomic mass is 16.7. The Labute approximate surface area is 97.9 Å². The van der Waals surface area contributed by atoms with Gasteiger partial charge in [0.2, 0.25) is 5.95 Å². The summed E-state index contributed by atoms with van der Waals surface area (Å²) in [5, 5.41) is 2.48. The molecule has 1 amide bonds. The highest BCUT2D eigenvalue weighted by molar-refractivity contribution is 5.86. The molecular weight excluding hydrogens is 222 g/mol. The second-order valence-electron chi connectivity index (χ2n) is 3.27. The van der Waals surface area contributed by atoms with E-state index in [1.807, 2.05) is 31.2 Å². The number of ether oxygens (including phenoxy) is 2. The molecule has 0 spiro atoms. The standard InChI is InChI=1S/C11H13N3O3/c1-2-16-7-17-11(15)14-10-12-8-5-3-4-6-9(8)13-10/h3-6H,2,7H2,1H3,(H2,12,13,14,15). The number of amides is 1. The van der Waals surface area contributed by atoms with Crippen LogP contribution < -0.4 is 5.32 Å². The molecule has 6 heteroatoms. The number of nitrogens with zero attached hydrogens (tertiary/aromatic N) is 1. The average molecular weight is 235 g/mol. The third-order valence-corrected chi connectivity index (χ3v) is 2.09. The number of hydrogen-bond donors (Lipinski definition) is 2. The lowest BCUT2D eigenvalue weighted by Crippen LogP contribution is -2.16. The number of carbonyl (C=O) groups is 1. The fourth-order valence-corrected chi connectivity index (χ4v) is 1.32. The van der Waals surface area contributed by atoms with Crippen LogP contribution in [0.15, 0.2) is 24.3 Å². The molecular formula is C11H13N3O3. The molecule has 1 aromatic heterocycles. The molecule has 6 nitrogen and oxygen atoms in total. The number of H-pyrrole nitrogens is 1. The maximum Gasteiger partial charge on any atom is 0.416 e. The van der Waals surface area contributed by atoms with Crippen LogP contribution in [0.1, 0.15) is 6.92 Å². The summed E-state index contributed by atoms with van der Waals surface area (Å²) in [5.41, 5.74) is 1.64. The maximum atomic E-state index is 11.3. The molecule has 0 aliphatic heterocycles. The van der Waals surface area contributed by atoms with E-state index >= 15 is 0 Å². The molecule has 2 aromatic rings. The second-order valence-corrected chi connectivity index (χ2v) is 3.27. The van der Waals surface area contributed by atoms with Crippen molar-refractivity contribution in [3.05, 3.63) is 24.3 Å². The molecule has 0 saturated heterocycles. The molecule has 0 aliphatic carbocycles. The number of hydrogen-bond acceptors (Lipinski definition) is 4. The molecule has 90 valence electrons. The molecule has 2 N–H and O–H groups in total. The van der Waals surface area contributed by atoms with E-state index in [1.165, 1.54) is 0 Å². The van der Waals surface area contributed by atoms with Crippen molar-refractivity contribution in [2.24, 2.45) is 0 Å². The Balaban J connectivity index is 1.96. The summed E-state index contributed by atoms with van der Waals surface area (Å²) < 4.78 is 9.64. The van der Waals surface area contributed by atoms with Gasteiger partial charge in [-0.3, -0.25) is 5.32 Å². The number of benzene rings is 1. The first-order valence-corrected chi connectivity index (χ1v) is 5.26. The lowest BCUT2D eigenvalue weighted by Gasteiger charge is -2.03. The maximum absolute atomic E-state index is 11.3. The Morgan fingerprint density at radius 1 is 1.47 bits per heavy atom. The number of aromatic nitrogens is 2. The van der Waals surface area contributed by atoms with E-state index < -0.39 is 6.09 Å². The highest BCUT2D eigenvalue weighted by Gasteiger charge is 2.06. The molecule has 0 bridgehead atoms. The van der Waals surface area contributed by atoms with Gasteiger partial charge in [0, 0.05) is 6.61 Å². The molecule has 0 saturated carbocycles. The van der Waals surface area contributed by atoms with Crippen molar-refractivity contribution < 1.29 is 14.3 Å². The van der Waals surface area contributed by atoms with Crippen LogP contribution in [-0.4, -0.2) is 29.5 Å². The Morgan fingerprint density at radius 2 is 2.29 bits per heavy atom. The molecule has 0 unspecified atom stereocenters. The van der Waals surface area contributed by atoms with Crippen LogP contribution in [0.5, 0.6) is 0 Å². The van der Waals surface area contributed by atoms with Gasteiger partial charge in [0.05, 0.1) is 11.0 Å². The summed E-state index contributed by atoms with van der Waals surface area (Å²) in [5.74, 6) is 0.354. The van der Waals surface area contributed by atoms with Gasteiger partial charge in [-0.15, -0.1) is 0 Å². The predicted molar refractivity (Wildman–Crippen MR) is 62.7 cm³/mol. The first-order valence-electron chi connectivity index (χ1n) is 5.26. The summed E-state index contributed by atoms with van der Waals surface area (Å²) in [6.45, 7) is 2.25. The molecule has 0 radical (unpaired) electrons. The molecule has 0 aliphatic rings. The summed E-state index contributed by atoms with van der Waals surface area (Å²) in [6.07, 6.45) is -0.600. The van der Waals surface area contributed by atoms with Gasteiger partial charge < -0.3 is 14.5 Å². The summed E-state index contributed by atoms with van der Waals surface area (Å²) in [6, 6.07) is 7.49. The Bertz CT molecular complexity index is 476. The van der Waals surface area contributed by atoms with E-state index in [1.54, 1.807) is 0 Å². The predicted octanol–water partition coefficient (Wildman–Crippen LogP) is 2.11. The van der Waals surface area contributed by atoms with E-state index in [9.17, 15) is 4.79 Å². The van der Waals surface area contributed by atoms with Crippen LogP contribution in [0, 0.1) is 0 Å². The number of rotatable bonds is 4. The quantitative estimate of drug-likeness (QED) is 0.628. The molecule has 0 fully saturated rings. The van der Waals surface area contributed by atoms with Gasteiger partial charge in [-0.1, -0.05) is 12.1 Å². The zero-order valence-electron chi connectivity index (χ0n) is 9.40. The Morgan fingerprint density at radius 3 is 3.06 bits per heavy atom. The molecule has 1 heterocycles. The lowest BCUT2D eigenvalue weighted by molar-refractivity contribution is -0.00442. The number of anilines is 1. The number of aromatic amines is 1. The minimum atomic E-state index is -0.600.